The number of nitrogens with two attached hydrogens (primary N) is 1. The van der Waals surface area contributed by atoms with E-state index in [1.807, 2.05) is 6.20 Å². The smallest absolute Gasteiger partial charge is 0.127 e. The molecule has 1 fully saturated rings. The molecule has 4 heteroatoms. The zero-order valence-corrected chi connectivity index (χ0v) is 11.9. The highest BCUT2D eigenvalue weighted by atomic mass is 15.2. The van der Waals surface area contributed by atoms with Gasteiger partial charge in [-0.1, -0.05) is 19.8 Å². The Morgan fingerprint density at radius 1 is 1.44 bits per heavy atom. The normalized spacial score (nSPS) is 20.5. The number of rotatable bonds is 5. The summed E-state index contributed by atoms with van der Waals surface area (Å²) in [6, 6.07) is 0.0107. The van der Waals surface area contributed by atoms with Crippen LogP contribution in [0.1, 0.15) is 50.9 Å². The van der Waals surface area contributed by atoms with Crippen LogP contribution in [0.15, 0.2) is 12.4 Å². The second-order valence-corrected chi connectivity index (χ2v) is 5.66. The van der Waals surface area contributed by atoms with E-state index in [-0.39, 0.29) is 11.6 Å². The van der Waals surface area contributed by atoms with Gasteiger partial charge in [0.15, 0.2) is 0 Å². The van der Waals surface area contributed by atoms with Crippen molar-refractivity contribution in [2.24, 2.45) is 5.73 Å². The molecule has 0 aliphatic heterocycles. The summed E-state index contributed by atoms with van der Waals surface area (Å²) in [5.74, 6) is 1.05. The van der Waals surface area contributed by atoms with Crippen molar-refractivity contribution in [3.63, 3.8) is 0 Å². The number of hydrogen-bond acceptors (Lipinski definition) is 3. The Hall–Kier alpha value is -0.870. The number of hydrogen-bond donors (Lipinski definition) is 1. The van der Waals surface area contributed by atoms with Gasteiger partial charge in [0.05, 0.1) is 6.04 Å². The molecule has 18 heavy (non-hydrogen) atoms. The Bertz CT molecular complexity index is 377. The van der Waals surface area contributed by atoms with Crippen molar-refractivity contribution in [1.29, 1.82) is 0 Å². The third-order valence-corrected chi connectivity index (χ3v) is 4.43. The maximum absolute atomic E-state index is 6.59. The molecule has 1 aromatic rings. The lowest BCUT2D eigenvalue weighted by Crippen LogP contribution is -2.51. The minimum Gasteiger partial charge on any atom is -0.334 e. The molecule has 1 unspecified atom stereocenters. The largest absolute Gasteiger partial charge is 0.334 e. The van der Waals surface area contributed by atoms with Crippen LogP contribution in [-0.2, 0) is 6.54 Å². The van der Waals surface area contributed by atoms with E-state index in [1.54, 1.807) is 0 Å². The summed E-state index contributed by atoms with van der Waals surface area (Å²) in [5, 5.41) is 0. The molecule has 1 atom stereocenters. The fourth-order valence-electron chi connectivity index (χ4n) is 3.29. The van der Waals surface area contributed by atoms with Crippen LogP contribution in [0, 0.1) is 0 Å². The standard InChI is InChI=1S/C14H26N4/c1-4-10-18-11-9-16-13(18)12(15)14(17(2)3)7-5-6-8-14/h9,11-12H,4-8,10,15H2,1-3H3. The molecule has 1 heterocycles. The molecule has 2 rings (SSSR count). The van der Waals surface area contributed by atoms with E-state index in [2.05, 4.69) is 41.7 Å². The molecular weight excluding hydrogens is 224 g/mol. The molecular formula is C14H26N4. The molecule has 102 valence electrons. The summed E-state index contributed by atoms with van der Waals surface area (Å²) in [6.45, 7) is 3.19. The first-order valence-corrected chi connectivity index (χ1v) is 7.06. The molecule has 1 aliphatic carbocycles. The van der Waals surface area contributed by atoms with Gasteiger partial charge in [0.1, 0.15) is 5.82 Å². The Labute approximate surface area is 110 Å². The zero-order chi connectivity index (χ0) is 13.2. The van der Waals surface area contributed by atoms with Crippen LogP contribution in [0.3, 0.4) is 0 Å². The summed E-state index contributed by atoms with van der Waals surface area (Å²) in [6.07, 6.45) is 9.96. The van der Waals surface area contributed by atoms with Crippen LogP contribution in [-0.4, -0.2) is 34.1 Å². The molecule has 1 aliphatic rings. The van der Waals surface area contributed by atoms with Crippen molar-refractivity contribution in [3.05, 3.63) is 18.2 Å². The SMILES string of the molecule is CCCn1ccnc1C(N)C1(N(C)C)CCCC1. The van der Waals surface area contributed by atoms with Gasteiger partial charge in [-0.25, -0.2) is 4.98 Å². The molecule has 1 aromatic heterocycles. The molecule has 0 aromatic carbocycles. The molecule has 4 nitrogen and oxygen atoms in total. The minimum absolute atomic E-state index is 0.0107. The van der Waals surface area contributed by atoms with Crippen LogP contribution in [0.4, 0.5) is 0 Å². The molecule has 0 bridgehead atoms. The van der Waals surface area contributed by atoms with Crippen LogP contribution in [0.5, 0.6) is 0 Å². The van der Waals surface area contributed by atoms with E-state index < -0.39 is 0 Å². The predicted octanol–water partition coefficient (Wildman–Crippen LogP) is 2.17. The lowest BCUT2D eigenvalue weighted by molar-refractivity contribution is 0.118. The monoisotopic (exact) mass is 250 g/mol. The maximum atomic E-state index is 6.59. The van der Waals surface area contributed by atoms with Gasteiger partial charge < -0.3 is 15.2 Å². The average molecular weight is 250 g/mol. The second-order valence-electron chi connectivity index (χ2n) is 5.66. The number of aryl methyl sites for hydroxylation is 1. The van der Waals surface area contributed by atoms with Gasteiger partial charge in [0.25, 0.3) is 0 Å². The first kappa shape index (κ1) is 13.6. The number of likely N-dealkylation sites (N-methyl/N-ethyl adjacent to an activating group) is 1. The van der Waals surface area contributed by atoms with Gasteiger partial charge in [-0.2, -0.15) is 0 Å². The number of aromatic nitrogens is 2. The van der Waals surface area contributed by atoms with E-state index in [4.69, 9.17) is 5.73 Å². The summed E-state index contributed by atoms with van der Waals surface area (Å²) in [5.41, 5.74) is 6.68. The number of nitrogens with zero attached hydrogens (tertiary/aromatic N) is 3. The third kappa shape index (κ3) is 2.19. The van der Waals surface area contributed by atoms with Crippen molar-refractivity contribution < 1.29 is 0 Å². The summed E-state index contributed by atoms with van der Waals surface area (Å²) in [7, 11) is 4.30. The molecule has 1 saturated carbocycles. The summed E-state index contributed by atoms with van der Waals surface area (Å²) >= 11 is 0. The maximum Gasteiger partial charge on any atom is 0.127 e. The van der Waals surface area contributed by atoms with Crippen molar-refractivity contribution in [3.8, 4) is 0 Å². The average Bonchev–Trinajstić information content (AvgIpc) is 2.97. The fourth-order valence-corrected chi connectivity index (χ4v) is 3.29. The van der Waals surface area contributed by atoms with E-state index in [0.29, 0.717) is 0 Å². The Morgan fingerprint density at radius 2 is 2.11 bits per heavy atom. The second kappa shape index (κ2) is 5.41. The highest BCUT2D eigenvalue weighted by molar-refractivity contribution is 5.11. The quantitative estimate of drug-likeness (QED) is 0.871. The lowest BCUT2D eigenvalue weighted by atomic mass is 9.86. The third-order valence-electron chi connectivity index (χ3n) is 4.43. The van der Waals surface area contributed by atoms with Crippen molar-refractivity contribution in [1.82, 2.24) is 14.5 Å². The van der Waals surface area contributed by atoms with Crippen LogP contribution < -0.4 is 5.73 Å². The molecule has 0 amide bonds. The Balaban J connectivity index is 2.28. The van der Waals surface area contributed by atoms with E-state index in [9.17, 15) is 0 Å². The number of imidazole rings is 1. The zero-order valence-electron chi connectivity index (χ0n) is 11.9. The lowest BCUT2D eigenvalue weighted by Gasteiger charge is -2.41. The van der Waals surface area contributed by atoms with Gasteiger partial charge in [0.2, 0.25) is 0 Å². The van der Waals surface area contributed by atoms with E-state index >= 15 is 0 Å². The van der Waals surface area contributed by atoms with Gasteiger partial charge in [0, 0.05) is 24.5 Å². The fraction of sp³-hybridized carbons (Fsp3) is 0.786. The summed E-state index contributed by atoms with van der Waals surface area (Å²) < 4.78 is 2.22. The Kier molecular flexibility index (Phi) is 4.07. The highest BCUT2D eigenvalue weighted by Crippen LogP contribution is 2.41. The minimum atomic E-state index is 0.0107. The predicted molar refractivity (Wildman–Crippen MR) is 74.3 cm³/mol. The van der Waals surface area contributed by atoms with Crippen molar-refractivity contribution >= 4 is 0 Å². The summed E-state index contributed by atoms with van der Waals surface area (Å²) in [4.78, 5) is 6.83. The first-order chi connectivity index (χ1) is 8.62. The molecule has 0 spiro atoms. The van der Waals surface area contributed by atoms with E-state index in [0.717, 1.165) is 18.8 Å². The topological polar surface area (TPSA) is 47.1 Å². The van der Waals surface area contributed by atoms with Crippen molar-refractivity contribution in [2.75, 3.05) is 14.1 Å². The first-order valence-electron chi connectivity index (χ1n) is 7.06. The van der Waals surface area contributed by atoms with Gasteiger partial charge in [-0.05, 0) is 33.4 Å². The van der Waals surface area contributed by atoms with Crippen LogP contribution >= 0.6 is 0 Å². The van der Waals surface area contributed by atoms with Gasteiger partial charge in [-0.3, -0.25) is 0 Å². The molecule has 2 N–H and O–H groups in total. The molecule has 0 saturated heterocycles. The van der Waals surface area contributed by atoms with Crippen molar-refractivity contribution in [2.45, 2.75) is 57.2 Å². The highest BCUT2D eigenvalue weighted by Gasteiger charge is 2.43. The van der Waals surface area contributed by atoms with Crippen LogP contribution in [0.2, 0.25) is 0 Å². The van der Waals surface area contributed by atoms with Crippen LogP contribution in [0.25, 0.3) is 0 Å². The molecule has 0 radical (unpaired) electrons. The van der Waals surface area contributed by atoms with Gasteiger partial charge >= 0.3 is 0 Å². The van der Waals surface area contributed by atoms with E-state index in [1.165, 1.54) is 25.7 Å². The Morgan fingerprint density at radius 3 is 2.67 bits per heavy atom. The van der Waals surface area contributed by atoms with Gasteiger partial charge in [-0.15, -0.1) is 0 Å².